The van der Waals surface area contributed by atoms with Crippen LogP contribution in [0.15, 0.2) is 48.5 Å². The molecule has 4 heteroatoms. The van der Waals surface area contributed by atoms with Crippen molar-refractivity contribution in [1.29, 1.82) is 0 Å². The van der Waals surface area contributed by atoms with Gasteiger partial charge in [-0.05, 0) is 22.3 Å². The predicted molar refractivity (Wildman–Crippen MR) is 79.8 cm³/mol. The van der Waals surface area contributed by atoms with Crippen LogP contribution < -0.4 is 22.9 Å². The van der Waals surface area contributed by atoms with E-state index in [2.05, 4.69) is 0 Å². The van der Waals surface area contributed by atoms with Gasteiger partial charge in [0.2, 0.25) is 0 Å². The highest BCUT2D eigenvalue weighted by Crippen LogP contribution is 2.55. The smallest absolute Gasteiger partial charge is 0.118 e. The summed E-state index contributed by atoms with van der Waals surface area (Å²) in [6, 6.07) is 15.6. The molecule has 2 aliphatic rings. The lowest BCUT2D eigenvalue weighted by molar-refractivity contribution is 0.617. The molecule has 0 amide bonds. The average Bonchev–Trinajstić information content (AvgIpc) is 2.82. The molecular formula is C16H16N4. The van der Waals surface area contributed by atoms with Gasteiger partial charge in [-0.2, -0.15) is 0 Å². The van der Waals surface area contributed by atoms with Gasteiger partial charge >= 0.3 is 0 Å². The summed E-state index contributed by atoms with van der Waals surface area (Å²) in [4.78, 5) is 0. The molecule has 20 heavy (non-hydrogen) atoms. The summed E-state index contributed by atoms with van der Waals surface area (Å²) in [7, 11) is 0. The normalized spacial score (nSPS) is 20.6. The van der Waals surface area contributed by atoms with E-state index in [1.807, 2.05) is 48.5 Å². The van der Waals surface area contributed by atoms with Crippen LogP contribution in [0.4, 0.5) is 0 Å². The van der Waals surface area contributed by atoms with Gasteiger partial charge in [0.1, 0.15) is 11.3 Å². The SMILES string of the molecule is NC1(N)C2=C(c3ccccc31)C(N)(N)c1ccccc12. The van der Waals surface area contributed by atoms with Gasteiger partial charge in [0.25, 0.3) is 0 Å². The average molecular weight is 264 g/mol. The molecular weight excluding hydrogens is 248 g/mol. The van der Waals surface area contributed by atoms with Crippen LogP contribution in [-0.2, 0) is 11.3 Å². The van der Waals surface area contributed by atoms with Crippen molar-refractivity contribution in [1.82, 2.24) is 0 Å². The van der Waals surface area contributed by atoms with Crippen molar-refractivity contribution in [3.8, 4) is 0 Å². The van der Waals surface area contributed by atoms with E-state index in [-0.39, 0.29) is 0 Å². The van der Waals surface area contributed by atoms with Crippen LogP contribution in [0, 0.1) is 0 Å². The molecule has 100 valence electrons. The molecule has 0 aliphatic heterocycles. The van der Waals surface area contributed by atoms with Gasteiger partial charge in [-0.3, -0.25) is 0 Å². The third kappa shape index (κ3) is 1.15. The Kier molecular flexibility index (Phi) is 1.99. The molecule has 2 aromatic rings. The van der Waals surface area contributed by atoms with Crippen molar-refractivity contribution >= 4 is 11.1 Å². The highest BCUT2D eigenvalue weighted by molar-refractivity contribution is 6.08. The van der Waals surface area contributed by atoms with E-state index in [0.29, 0.717) is 0 Å². The molecule has 0 spiro atoms. The molecule has 0 atom stereocenters. The van der Waals surface area contributed by atoms with Crippen molar-refractivity contribution in [2.45, 2.75) is 11.3 Å². The zero-order valence-corrected chi connectivity index (χ0v) is 10.9. The lowest BCUT2D eigenvalue weighted by Gasteiger charge is -2.27. The molecule has 4 nitrogen and oxygen atoms in total. The minimum absolute atomic E-state index is 0.847. The molecule has 0 saturated carbocycles. The van der Waals surface area contributed by atoms with Crippen molar-refractivity contribution in [3.63, 3.8) is 0 Å². The van der Waals surface area contributed by atoms with Crippen molar-refractivity contribution < 1.29 is 0 Å². The van der Waals surface area contributed by atoms with Gasteiger partial charge in [-0.25, -0.2) is 0 Å². The Hall–Kier alpha value is -1.98. The Labute approximate surface area is 117 Å². The minimum Gasteiger partial charge on any atom is -0.306 e. The maximum Gasteiger partial charge on any atom is 0.118 e. The molecule has 8 N–H and O–H groups in total. The number of nitrogens with two attached hydrogens (primary N) is 4. The summed E-state index contributed by atoms with van der Waals surface area (Å²) >= 11 is 0. The van der Waals surface area contributed by atoms with Gasteiger partial charge in [0.15, 0.2) is 0 Å². The van der Waals surface area contributed by atoms with E-state index < -0.39 is 11.3 Å². The lowest BCUT2D eigenvalue weighted by atomic mass is 9.89. The highest BCUT2D eigenvalue weighted by Gasteiger charge is 2.51. The van der Waals surface area contributed by atoms with Gasteiger partial charge in [-0.15, -0.1) is 0 Å². The van der Waals surface area contributed by atoms with Gasteiger partial charge < -0.3 is 22.9 Å². The highest BCUT2D eigenvalue weighted by atomic mass is 15.0. The predicted octanol–water partition coefficient (Wildman–Crippen LogP) is 0.765. The number of benzene rings is 2. The Balaban J connectivity index is 2.13. The van der Waals surface area contributed by atoms with E-state index in [0.717, 1.165) is 33.4 Å². The van der Waals surface area contributed by atoms with Crippen LogP contribution in [0.5, 0.6) is 0 Å². The number of fused-ring (bicyclic) bond motifs is 4. The zero-order chi connectivity index (χ0) is 14.1. The second-order valence-corrected chi connectivity index (χ2v) is 5.58. The number of rotatable bonds is 0. The van der Waals surface area contributed by atoms with Crippen LogP contribution >= 0.6 is 0 Å². The molecule has 0 heterocycles. The summed E-state index contributed by atoms with van der Waals surface area (Å²) in [6.45, 7) is 0. The summed E-state index contributed by atoms with van der Waals surface area (Å²) < 4.78 is 0. The molecule has 2 aromatic carbocycles. The van der Waals surface area contributed by atoms with E-state index in [4.69, 9.17) is 22.9 Å². The molecule has 0 aromatic heterocycles. The number of hydrogen-bond acceptors (Lipinski definition) is 4. The fourth-order valence-electron chi connectivity index (χ4n) is 3.52. The van der Waals surface area contributed by atoms with Crippen molar-refractivity contribution in [3.05, 3.63) is 70.8 Å². The van der Waals surface area contributed by atoms with Gasteiger partial charge in [0.05, 0.1) is 0 Å². The summed E-state index contributed by atoms with van der Waals surface area (Å²) in [6.07, 6.45) is 0. The summed E-state index contributed by atoms with van der Waals surface area (Å²) in [5.74, 6) is 0. The van der Waals surface area contributed by atoms with E-state index >= 15 is 0 Å². The first kappa shape index (κ1) is 11.8. The standard InChI is InChI=1S/C16H16N4/c17-15(18)11-7-3-1-5-9(11)13-14(15)10-6-2-4-8-12(10)16(13,19)20/h1-8H,17-20H2. The first-order chi connectivity index (χ1) is 9.45. The maximum atomic E-state index is 6.42. The van der Waals surface area contributed by atoms with Crippen LogP contribution in [-0.4, -0.2) is 0 Å². The third-order valence-corrected chi connectivity index (χ3v) is 4.36. The van der Waals surface area contributed by atoms with E-state index in [9.17, 15) is 0 Å². The van der Waals surface area contributed by atoms with E-state index in [1.165, 1.54) is 0 Å². The Morgan fingerprint density at radius 2 is 0.900 bits per heavy atom. The van der Waals surface area contributed by atoms with Crippen LogP contribution in [0.2, 0.25) is 0 Å². The lowest BCUT2D eigenvalue weighted by Crippen LogP contribution is -2.46. The third-order valence-electron chi connectivity index (χ3n) is 4.36. The van der Waals surface area contributed by atoms with Crippen LogP contribution in [0.25, 0.3) is 11.1 Å². The Morgan fingerprint density at radius 1 is 0.550 bits per heavy atom. The molecule has 0 radical (unpaired) electrons. The first-order valence-corrected chi connectivity index (χ1v) is 6.56. The molecule has 0 unspecified atom stereocenters. The summed E-state index contributed by atoms with van der Waals surface area (Å²) in [5, 5.41) is 0. The topological polar surface area (TPSA) is 104 Å². The second-order valence-electron chi connectivity index (χ2n) is 5.58. The monoisotopic (exact) mass is 264 g/mol. The van der Waals surface area contributed by atoms with Gasteiger partial charge in [0, 0.05) is 11.1 Å². The molecule has 0 fully saturated rings. The molecule has 0 saturated heterocycles. The second kappa shape index (κ2) is 3.37. The fraction of sp³-hybridized carbons (Fsp3) is 0.125. The quantitative estimate of drug-likeness (QED) is 0.527. The Bertz CT molecular complexity index is 706. The fourth-order valence-corrected chi connectivity index (χ4v) is 3.52. The van der Waals surface area contributed by atoms with E-state index in [1.54, 1.807) is 0 Å². The molecule has 4 rings (SSSR count). The summed E-state index contributed by atoms with van der Waals surface area (Å²) in [5.41, 5.74) is 28.9. The van der Waals surface area contributed by atoms with Gasteiger partial charge in [-0.1, -0.05) is 48.5 Å². The molecule has 2 aliphatic carbocycles. The van der Waals surface area contributed by atoms with Crippen molar-refractivity contribution in [2.24, 2.45) is 22.9 Å². The Morgan fingerprint density at radius 3 is 1.30 bits per heavy atom. The van der Waals surface area contributed by atoms with Crippen molar-refractivity contribution in [2.75, 3.05) is 0 Å². The largest absolute Gasteiger partial charge is 0.306 e. The van der Waals surface area contributed by atoms with Crippen LogP contribution in [0.1, 0.15) is 22.3 Å². The minimum atomic E-state index is -1.05. The van der Waals surface area contributed by atoms with Crippen LogP contribution in [0.3, 0.4) is 0 Å². The maximum absolute atomic E-state index is 6.42. The number of hydrogen-bond donors (Lipinski definition) is 4. The first-order valence-electron chi connectivity index (χ1n) is 6.56. The zero-order valence-electron chi connectivity index (χ0n) is 10.9. The molecule has 0 bridgehead atoms.